The molecule has 144 valence electrons. The number of nitrogens with zero attached hydrogens (tertiary/aromatic N) is 4. The lowest BCUT2D eigenvalue weighted by Gasteiger charge is -2.22. The van der Waals surface area contributed by atoms with Crippen LogP contribution in [0.2, 0.25) is 0 Å². The van der Waals surface area contributed by atoms with Crippen LogP contribution in [0.4, 0.5) is 0 Å². The van der Waals surface area contributed by atoms with E-state index in [1.165, 1.54) is 24.1 Å². The first kappa shape index (κ1) is 22.2. The van der Waals surface area contributed by atoms with Crippen LogP contribution in [0.1, 0.15) is 36.7 Å². The Balaban J connectivity index is 0.00000312. The minimum absolute atomic E-state index is 0. The number of rotatable bonds is 9. The van der Waals surface area contributed by atoms with Crippen molar-refractivity contribution in [1.82, 2.24) is 20.0 Å². The fourth-order valence-electron chi connectivity index (χ4n) is 2.76. The summed E-state index contributed by atoms with van der Waals surface area (Å²) in [5.41, 5.74) is 3.65. The van der Waals surface area contributed by atoms with Crippen molar-refractivity contribution in [3.05, 3.63) is 17.0 Å². The molecule has 2 rings (SSSR count). The van der Waals surface area contributed by atoms with Crippen LogP contribution in [-0.2, 0) is 18.2 Å². The van der Waals surface area contributed by atoms with Crippen LogP contribution in [0.3, 0.4) is 0 Å². The molecule has 0 aliphatic heterocycles. The number of hydrogen-bond donors (Lipinski definition) is 1. The lowest BCUT2D eigenvalue weighted by Crippen LogP contribution is -2.40. The second kappa shape index (κ2) is 11.0. The van der Waals surface area contributed by atoms with Crippen molar-refractivity contribution >= 4 is 29.9 Å². The van der Waals surface area contributed by atoms with Crippen molar-refractivity contribution in [1.29, 1.82) is 0 Å². The van der Waals surface area contributed by atoms with Gasteiger partial charge in [-0.25, -0.2) is 0 Å². The lowest BCUT2D eigenvalue weighted by molar-refractivity contribution is 0.115. The van der Waals surface area contributed by atoms with E-state index < -0.39 is 0 Å². The predicted octanol–water partition coefficient (Wildman–Crippen LogP) is 2.52. The van der Waals surface area contributed by atoms with Crippen molar-refractivity contribution < 1.29 is 4.74 Å². The van der Waals surface area contributed by atoms with Crippen molar-refractivity contribution in [3.63, 3.8) is 0 Å². The van der Waals surface area contributed by atoms with Gasteiger partial charge in [-0.05, 0) is 51.5 Å². The summed E-state index contributed by atoms with van der Waals surface area (Å²) in [5, 5.41) is 7.84. The number of likely N-dealkylation sites (N-methyl/N-ethyl adjacent to an activating group) is 1. The van der Waals surface area contributed by atoms with E-state index in [0.717, 1.165) is 56.8 Å². The molecule has 0 saturated heterocycles. The summed E-state index contributed by atoms with van der Waals surface area (Å²) in [6, 6.07) is 0. The molecule has 1 heterocycles. The van der Waals surface area contributed by atoms with Crippen molar-refractivity contribution in [2.75, 3.05) is 39.9 Å². The third-order valence-corrected chi connectivity index (χ3v) is 4.60. The fraction of sp³-hybridized carbons (Fsp3) is 0.778. The number of guanidine groups is 1. The molecule has 0 atom stereocenters. The van der Waals surface area contributed by atoms with Gasteiger partial charge >= 0.3 is 0 Å². The van der Waals surface area contributed by atoms with Gasteiger partial charge in [0.25, 0.3) is 0 Å². The molecular formula is C18H34IN5O. The van der Waals surface area contributed by atoms with E-state index in [0.29, 0.717) is 0 Å². The molecule has 1 aliphatic carbocycles. The molecule has 1 fully saturated rings. The van der Waals surface area contributed by atoms with Crippen molar-refractivity contribution in [2.45, 2.75) is 40.0 Å². The number of aromatic nitrogens is 2. The summed E-state index contributed by atoms with van der Waals surface area (Å²) in [6.45, 7) is 10.5. The maximum Gasteiger partial charge on any atom is 0.193 e. The van der Waals surface area contributed by atoms with Crippen LogP contribution in [-0.4, -0.2) is 60.5 Å². The van der Waals surface area contributed by atoms with Gasteiger partial charge in [0.05, 0.1) is 12.3 Å². The first-order chi connectivity index (χ1) is 11.5. The molecule has 0 amide bonds. The topological polar surface area (TPSA) is 54.7 Å². The van der Waals surface area contributed by atoms with E-state index in [2.05, 4.69) is 43.1 Å². The van der Waals surface area contributed by atoms with Crippen LogP contribution in [0, 0.1) is 19.8 Å². The third kappa shape index (κ3) is 7.13. The standard InChI is InChI=1S/C18H33N5O.HI/c1-6-19-18(22(4)11-12-24-13-16-7-8-16)20-10-9-17-14(2)21-23(5)15(17)3;/h16H,6-13H2,1-5H3,(H,19,20);1H. The minimum Gasteiger partial charge on any atom is -0.379 e. The Morgan fingerprint density at radius 2 is 2.12 bits per heavy atom. The van der Waals surface area contributed by atoms with Crippen molar-refractivity contribution in [2.24, 2.45) is 18.0 Å². The SMILES string of the molecule is CCNC(=NCCc1c(C)nn(C)c1C)N(C)CCOCC1CC1.I. The first-order valence-electron chi connectivity index (χ1n) is 9.09. The minimum atomic E-state index is 0. The second-order valence-corrected chi connectivity index (χ2v) is 6.70. The van der Waals surface area contributed by atoms with Gasteiger partial charge in [-0.1, -0.05) is 0 Å². The molecule has 0 unspecified atom stereocenters. The Hall–Kier alpha value is -0.830. The normalized spacial score (nSPS) is 14.4. The molecule has 1 aromatic heterocycles. The Kier molecular flexibility index (Phi) is 9.78. The number of ether oxygens (including phenoxy) is 1. The highest BCUT2D eigenvalue weighted by molar-refractivity contribution is 14.0. The van der Waals surface area contributed by atoms with Gasteiger partial charge in [0.2, 0.25) is 0 Å². The van der Waals surface area contributed by atoms with Crippen LogP contribution < -0.4 is 5.32 Å². The van der Waals surface area contributed by atoms with Gasteiger partial charge in [-0.3, -0.25) is 9.67 Å². The molecule has 0 aromatic carbocycles. The van der Waals surface area contributed by atoms with Crippen LogP contribution >= 0.6 is 24.0 Å². The Morgan fingerprint density at radius 3 is 2.68 bits per heavy atom. The molecule has 0 spiro atoms. The molecule has 7 heteroatoms. The third-order valence-electron chi connectivity index (χ3n) is 4.60. The Labute approximate surface area is 169 Å². The zero-order valence-electron chi connectivity index (χ0n) is 16.3. The molecule has 0 bridgehead atoms. The lowest BCUT2D eigenvalue weighted by atomic mass is 10.1. The highest BCUT2D eigenvalue weighted by Crippen LogP contribution is 2.28. The molecule has 0 radical (unpaired) electrons. The highest BCUT2D eigenvalue weighted by Gasteiger charge is 2.21. The number of halogens is 1. The Bertz CT molecular complexity index is 554. The molecule has 25 heavy (non-hydrogen) atoms. The van der Waals surface area contributed by atoms with Crippen LogP contribution in [0.15, 0.2) is 4.99 Å². The molecule has 1 aromatic rings. The monoisotopic (exact) mass is 463 g/mol. The van der Waals surface area contributed by atoms with Gasteiger partial charge in [-0.15, -0.1) is 24.0 Å². The largest absolute Gasteiger partial charge is 0.379 e. The quantitative estimate of drug-likeness (QED) is 0.265. The van der Waals surface area contributed by atoms with Crippen LogP contribution in [0.5, 0.6) is 0 Å². The maximum absolute atomic E-state index is 5.73. The van der Waals surface area contributed by atoms with Crippen molar-refractivity contribution in [3.8, 4) is 0 Å². The van der Waals surface area contributed by atoms with E-state index in [4.69, 9.17) is 9.73 Å². The fourth-order valence-corrected chi connectivity index (χ4v) is 2.76. The summed E-state index contributed by atoms with van der Waals surface area (Å²) >= 11 is 0. The zero-order valence-corrected chi connectivity index (χ0v) is 18.7. The van der Waals surface area contributed by atoms with Gasteiger partial charge in [0, 0.05) is 46.0 Å². The number of aliphatic imine (C=N–C) groups is 1. The molecular weight excluding hydrogens is 429 g/mol. The van der Waals surface area contributed by atoms with E-state index in [1.54, 1.807) is 0 Å². The van der Waals surface area contributed by atoms with E-state index >= 15 is 0 Å². The second-order valence-electron chi connectivity index (χ2n) is 6.70. The summed E-state index contributed by atoms with van der Waals surface area (Å²) in [5.74, 6) is 1.77. The number of nitrogens with one attached hydrogen (secondary N) is 1. The smallest absolute Gasteiger partial charge is 0.193 e. The summed E-state index contributed by atoms with van der Waals surface area (Å²) < 4.78 is 7.68. The van der Waals surface area contributed by atoms with E-state index in [-0.39, 0.29) is 24.0 Å². The average molecular weight is 463 g/mol. The average Bonchev–Trinajstić information content (AvgIpc) is 3.33. The summed E-state index contributed by atoms with van der Waals surface area (Å²) in [7, 11) is 4.07. The van der Waals surface area contributed by atoms with Gasteiger partial charge in [0.15, 0.2) is 5.96 Å². The summed E-state index contributed by atoms with van der Waals surface area (Å²) in [4.78, 5) is 6.92. The summed E-state index contributed by atoms with van der Waals surface area (Å²) in [6.07, 6.45) is 3.60. The zero-order chi connectivity index (χ0) is 17.5. The van der Waals surface area contributed by atoms with E-state index in [9.17, 15) is 0 Å². The van der Waals surface area contributed by atoms with E-state index in [1.807, 2.05) is 11.7 Å². The van der Waals surface area contributed by atoms with Gasteiger partial charge in [0.1, 0.15) is 0 Å². The predicted molar refractivity (Wildman–Crippen MR) is 114 cm³/mol. The first-order valence-corrected chi connectivity index (χ1v) is 9.09. The maximum atomic E-state index is 5.73. The van der Waals surface area contributed by atoms with Gasteiger partial charge < -0.3 is 15.0 Å². The highest BCUT2D eigenvalue weighted by atomic mass is 127. The molecule has 1 N–H and O–H groups in total. The van der Waals surface area contributed by atoms with Crippen LogP contribution in [0.25, 0.3) is 0 Å². The van der Waals surface area contributed by atoms with Gasteiger partial charge in [-0.2, -0.15) is 5.10 Å². The Morgan fingerprint density at radius 1 is 1.40 bits per heavy atom. The molecule has 1 saturated carbocycles. The number of aryl methyl sites for hydroxylation is 2. The molecule has 1 aliphatic rings. The molecule has 6 nitrogen and oxygen atoms in total. The number of hydrogen-bond acceptors (Lipinski definition) is 3.